The molecule has 0 aromatic heterocycles. The van der Waals surface area contributed by atoms with E-state index in [4.69, 9.17) is 0 Å². The van der Waals surface area contributed by atoms with Gasteiger partial charge in [-0.25, -0.2) is 0 Å². The number of nitrogens with one attached hydrogen (secondary N) is 1. The van der Waals surface area contributed by atoms with Crippen molar-refractivity contribution in [3.63, 3.8) is 0 Å². The molecule has 0 aromatic carbocycles. The third-order valence-corrected chi connectivity index (χ3v) is 2.44. The molecule has 1 nitrogen and oxygen atoms in total. The summed E-state index contributed by atoms with van der Waals surface area (Å²) in [6, 6.07) is 0. The Bertz CT molecular complexity index is 99.3. The van der Waals surface area contributed by atoms with E-state index in [1.54, 1.807) is 0 Å². The summed E-state index contributed by atoms with van der Waals surface area (Å²) >= 11 is 0. The van der Waals surface area contributed by atoms with Crippen LogP contribution in [0.2, 0.25) is 0 Å². The van der Waals surface area contributed by atoms with Crippen LogP contribution >= 0.6 is 0 Å². The van der Waals surface area contributed by atoms with Crippen molar-refractivity contribution in [1.82, 2.24) is 5.32 Å². The molecule has 1 heteroatoms. The van der Waals surface area contributed by atoms with E-state index < -0.39 is 0 Å². The first kappa shape index (κ1) is 13.0. The van der Waals surface area contributed by atoms with E-state index in [2.05, 4.69) is 33.0 Å². The van der Waals surface area contributed by atoms with Crippen molar-refractivity contribution < 1.29 is 0 Å². The van der Waals surface area contributed by atoms with Crippen LogP contribution < -0.4 is 5.32 Å². The van der Waals surface area contributed by atoms with Gasteiger partial charge in [0.15, 0.2) is 0 Å². The summed E-state index contributed by atoms with van der Waals surface area (Å²) in [6.45, 7) is 11.6. The van der Waals surface area contributed by atoms with Crippen LogP contribution in [0.25, 0.3) is 0 Å². The molecule has 0 saturated carbocycles. The zero-order valence-corrected chi connectivity index (χ0v) is 9.90. The second-order valence-electron chi connectivity index (χ2n) is 4.63. The minimum atomic E-state index is 0.847. The van der Waals surface area contributed by atoms with E-state index in [0.717, 1.165) is 11.8 Å². The highest BCUT2D eigenvalue weighted by molar-refractivity contribution is 4.58. The van der Waals surface area contributed by atoms with Crippen molar-refractivity contribution in [3.05, 3.63) is 0 Å². The van der Waals surface area contributed by atoms with Crippen molar-refractivity contribution in [2.24, 2.45) is 11.8 Å². The highest BCUT2D eigenvalue weighted by atomic mass is 14.8. The number of unbranched alkanes of at least 4 members (excludes halogenated alkanes) is 1. The minimum absolute atomic E-state index is 0.847. The summed E-state index contributed by atoms with van der Waals surface area (Å²) in [4.78, 5) is 0. The van der Waals surface area contributed by atoms with E-state index in [1.165, 1.54) is 38.8 Å². The van der Waals surface area contributed by atoms with Crippen LogP contribution in [0.5, 0.6) is 0 Å². The van der Waals surface area contributed by atoms with Gasteiger partial charge in [0.25, 0.3) is 0 Å². The van der Waals surface area contributed by atoms with Crippen LogP contribution in [-0.4, -0.2) is 13.1 Å². The number of hydrogen-bond donors (Lipinski definition) is 1. The van der Waals surface area contributed by atoms with E-state index >= 15 is 0 Å². The fourth-order valence-electron chi connectivity index (χ4n) is 1.37. The first-order valence-corrected chi connectivity index (χ1v) is 5.87. The van der Waals surface area contributed by atoms with Crippen molar-refractivity contribution >= 4 is 0 Å². The van der Waals surface area contributed by atoms with E-state index in [0.29, 0.717) is 0 Å². The lowest BCUT2D eigenvalue weighted by Gasteiger charge is -2.13. The largest absolute Gasteiger partial charge is 0.316 e. The summed E-state index contributed by atoms with van der Waals surface area (Å²) in [5.41, 5.74) is 0. The second kappa shape index (κ2) is 8.55. The van der Waals surface area contributed by atoms with Gasteiger partial charge in [-0.2, -0.15) is 0 Å². The summed E-state index contributed by atoms with van der Waals surface area (Å²) in [6.07, 6.45) is 5.36. The second-order valence-corrected chi connectivity index (χ2v) is 4.63. The molecule has 1 N–H and O–H groups in total. The molecule has 0 saturated heterocycles. The van der Waals surface area contributed by atoms with Gasteiger partial charge in [-0.3, -0.25) is 0 Å². The molecule has 0 radical (unpaired) electrons. The van der Waals surface area contributed by atoms with E-state index in [-0.39, 0.29) is 0 Å². The maximum atomic E-state index is 3.51. The molecule has 0 rings (SSSR count). The minimum Gasteiger partial charge on any atom is -0.316 e. The van der Waals surface area contributed by atoms with Crippen LogP contribution in [0.3, 0.4) is 0 Å². The molecule has 0 spiro atoms. The first-order valence-electron chi connectivity index (χ1n) is 5.87. The first-order chi connectivity index (χ1) is 6.16. The van der Waals surface area contributed by atoms with Crippen molar-refractivity contribution in [3.8, 4) is 0 Å². The molecule has 0 bridgehead atoms. The molecule has 0 heterocycles. The van der Waals surface area contributed by atoms with Crippen LogP contribution in [-0.2, 0) is 0 Å². The highest BCUT2D eigenvalue weighted by Gasteiger charge is 2.02. The Labute approximate surface area is 84.3 Å². The Hall–Kier alpha value is -0.0400. The van der Waals surface area contributed by atoms with Gasteiger partial charge in [0.2, 0.25) is 0 Å². The van der Waals surface area contributed by atoms with Gasteiger partial charge in [0, 0.05) is 0 Å². The maximum absolute atomic E-state index is 3.51. The Morgan fingerprint density at radius 3 is 2.31 bits per heavy atom. The molecule has 1 unspecified atom stereocenters. The molecular formula is C12H27N. The number of hydrogen-bond acceptors (Lipinski definition) is 1. The van der Waals surface area contributed by atoms with Crippen LogP contribution in [0.4, 0.5) is 0 Å². The average molecular weight is 185 g/mol. The lowest BCUT2D eigenvalue weighted by Crippen LogP contribution is -2.22. The Balaban J connectivity index is 3.15. The molecule has 0 fully saturated rings. The monoisotopic (exact) mass is 185 g/mol. The van der Waals surface area contributed by atoms with E-state index in [1.807, 2.05) is 0 Å². The molecule has 0 amide bonds. The molecule has 80 valence electrons. The van der Waals surface area contributed by atoms with Gasteiger partial charge >= 0.3 is 0 Å². The van der Waals surface area contributed by atoms with Crippen LogP contribution in [0.1, 0.15) is 53.4 Å². The van der Waals surface area contributed by atoms with Crippen molar-refractivity contribution in [2.45, 2.75) is 53.4 Å². The molecule has 0 aromatic rings. The topological polar surface area (TPSA) is 12.0 Å². The zero-order valence-electron chi connectivity index (χ0n) is 9.90. The lowest BCUT2D eigenvalue weighted by atomic mass is 9.99. The fraction of sp³-hybridized carbons (Fsp3) is 1.00. The molecule has 1 atom stereocenters. The van der Waals surface area contributed by atoms with Gasteiger partial charge in [-0.1, -0.05) is 40.5 Å². The Morgan fingerprint density at radius 1 is 1.08 bits per heavy atom. The van der Waals surface area contributed by atoms with Crippen LogP contribution in [0, 0.1) is 11.8 Å². The molecule has 0 aliphatic rings. The summed E-state index contributed by atoms with van der Waals surface area (Å²) in [5.74, 6) is 1.71. The lowest BCUT2D eigenvalue weighted by molar-refractivity contribution is 0.425. The van der Waals surface area contributed by atoms with Crippen molar-refractivity contribution in [2.75, 3.05) is 13.1 Å². The third-order valence-electron chi connectivity index (χ3n) is 2.44. The standard InChI is InChI=1S/C12H27N/c1-5-6-9-13-10-12(4)8-7-11(2)3/h11-13H,5-10H2,1-4H3. The summed E-state index contributed by atoms with van der Waals surface area (Å²) in [5, 5.41) is 3.51. The van der Waals surface area contributed by atoms with Crippen molar-refractivity contribution in [1.29, 1.82) is 0 Å². The Morgan fingerprint density at radius 2 is 1.77 bits per heavy atom. The molecular weight excluding hydrogens is 158 g/mol. The Kier molecular flexibility index (Phi) is 8.53. The summed E-state index contributed by atoms with van der Waals surface area (Å²) in [7, 11) is 0. The van der Waals surface area contributed by atoms with Gasteiger partial charge in [-0.15, -0.1) is 0 Å². The molecule has 0 aliphatic heterocycles. The summed E-state index contributed by atoms with van der Waals surface area (Å²) < 4.78 is 0. The molecule has 13 heavy (non-hydrogen) atoms. The normalized spacial score (nSPS) is 13.6. The highest BCUT2D eigenvalue weighted by Crippen LogP contribution is 2.10. The predicted molar refractivity (Wildman–Crippen MR) is 61.0 cm³/mol. The number of rotatable bonds is 8. The van der Waals surface area contributed by atoms with Crippen LogP contribution in [0.15, 0.2) is 0 Å². The van der Waals surface area contributed by atoms with Gasteiger partial charge in [0.1, 0.15) is 0 Å². The third kappa shape index (κ3) is 9.88. The predicted octanol–water partition coefficient (Wildman–Crippen LogP) is 3.45. The maximum Gasteiger partial charge on any atom is -0.00232 e. The molecule has 0 aliphatic carbocycles. The SMILES string of the molecule is CCCCNCC(C)CCC(C)C. The smallest absolute Gasteiger partial charge is 0.00232 e. The quantitative estimate of drug-likeness (QED) is 0.571. The average Bonchev–Trinajstić information content (AvgIpc) is 2.09. The fourth-order valence-corrected chi connectivity index (χ4v) is 1.37. The zero-order chi connectivity index (χ0) is 10.1. The van der Waals surface area contributed by atoms with Gasteiger partial charge in [-0.05, 0) is 37.8 Å². The van der Waals surface area contributed by atoms with E-state index in [9.17, 15) is 0 Å². The van der Waals surface area contributed by atoms with Gasteiger partial charge in [0.05, 0.1) is 0 Å². The van der Waals surface area contributed by atoms with Gasteiger partial charge < -0.3 is 5.32 Å².